The lowest BCUT2D eigenvalue weighted by atomic mass is 9.83. The maximum atomic E-state index is 12.9. The van der Waals surface area contributed by atoms with Crippen molar-refractivity contribution in [1.29, 1.82) is 0 Å². The number of hydrogen-bond acceptors (Lipinski definition) is 3. The van der Waals surface area contributed by atoms with Gasteiger partial charge in [0.1, 0.15) is 0 Å². The molecular weight excluding hydrogens is 457 g/mol. The second-order valence-electron chi connectivity index (χ2n) is 9.67. The van der Waals surface area contributed by atoms with Gasteiger partial charge < -0.3 is 10.4 Å². The molecule has 1 saturated carbocycles. The van der Waals surface area contributed by atoms with Crippen LogP contribution < -0.4 is 5.32 Å². The molecule has 1 amide bonds. The van der Waals surface area contributed by atoms with Gasteiger partial charge in [-0.15, -0.1) is 0 Å². The molecule has 0 bridgehead atoms. The molecule has 1 aliphatic rings. The molecule has 0 saturated heterocycles. The van der Waals surface area contributed by atoms with Crippen LogP contribution in [-0.2, 0) is 5.60 Å². The number of nitrogens with zero attached hydrogens (tertiary/aromatic N) is 2. The van der Waals surface area contributed by atoms with Crippen LogP contribution in [0.2, 0.25) is 10.0 Å². The fraction of sp³-hybridized carbons (Fsp3) is 0.462. The van der Waals surface area contributed by atoms with E-state index in [2.05, 4.69) is 23.1 Å². The van der Waals surface area contributed by atoms with Crippen LogP contribution >= 0.6 is 23.2 Å². The lowest BCUT2D eigenvalue weighted by molar-refractivity contribution is 0.0794. The topological polar surface area (TPSA) is 67.2 Å². The zero-order chi connectivity index (χ0) is 23.8. The quantitative estimate of drug-likeness (QED) is 0.381. The van der Waals surface area contributed by atoms with E-state index in [-0.39, 0.29) is 5.91 Å². The Morgan fingerprint density at radius 1 is 1.15 bits per heavy atom. The van der Waals surface area contributed by atoms with Crippen LogP contribution in [0.3, 0.4) is 0 Å². The van der Waals surface area contributed by atoms with Crippen molar-refractivity contribution in [1.82, 2.24) is 9.78 Å². The van der Waals surface area contributed by atoms with Crippen LogP contribution in [-0.4, -0.2) is 20.8 Å². The van der Waals surface area contributed by atoms with Gasteiger partial charge in [0, 0.05) is 28.4 Å². The number of halogens is 2. The monoisotopic (exact) mass is 487 g/mol. The number of aliphatic hydroxyl groups is 1. The summed E-state index contributed by atoms with van der Waals surface area (Å²) >= 11 is 12.1. The predicted octanol–water partition coefficient (Wildman–Crippen LogP) is 7.35. The van der Waals surface area contributed by atoms with E-state index in [1.54, 1.807) is 26.0 Å². The third kappa shape index (κ3) is 5.37. The van der Waals surface area contributed by atoms with Crippen molar-refractivity contribution in [3.8, 4) is 0 Å². The summed E-state index contributed by atoms with van der Waals surface area (Å²) in [4.78, 5) is 12.9. The van der Waals surface area contributed by atoms with Gasteiger partial charge in [0.15, 0.2) is 0 Å². The SMILES string of the molecule is CCCC1CCC(n2cc3cc(NC(=O)c4ccc(Cl)c(Cl)c4)c(C(C)(C)O)cc3n2)CC1. The maximum absolute atomic E-state index is 12.9. The summed E-state index contributed by atoms with van der Waals surface area (Å²) < 4.78 is 2.07. The van der Waals surface area contributed by atoms with Gasteiger partial charge in [0.05, 0.1) is 27.2 Å². The fourth-order valence-electron chi connectivity index (χ4n) is 4.83. The van der Waals surface area contributed by atoms with E-state index in [1.807, 2.05) is 12.1 Å². The second-order valence-corrected chi connectivity index (χ2v) is 10.5. The minimum absolute atomic E-state index is 0.317. The normalized spacial score (nSPS) is 19.1. The van der Waals surface area contributed by atoms with E-state index >= 15 is 0 Å². The molecule has 0 unspecified atom stereocenters. The van der Waals surface area contributed by atoms with Gasteiger partial charge in [-0.05, 0) is 75.8 Å². The number of anilines is 1. The van der Waals surface area contributed by atoms with Gasteiger partial charge in [-0.2, -0.15) is 5.10 Å². The van der Waals surface area contributed by atoms with Crippen molar-refractivity contribution >= 4 is 45.7 Å². The smallest absolute Gasteiger partial charge is 0.255 e. The summed E-state index contributed by atoms with van der Waals surface area (Å²) in [6.45, 7) is 5.66. The number of nitrogens with one attached hydrogen (secondary N) is 1. The first kappa shape index (κ1) is 24.1. The summed E-state index contributed by atoms with van der Waals surface area (Å²) in [5, 5.41) is 20.2. The number of carbonyl (C=O) groups is 1. The molecule has 0 radical (unpaired) electrons. The number of hydrogen-bond donors (Lipinski definition) is 2. The molecule has 7 heteroatoms. The number of amides is 1. The third-order valence-corrected chi connectivity index (χ3v) is 7.38. The van der Waals surface area contributed by atoms with E-state index in [0.717, 1.165) is 29.7 Å². The fourth-order valence-corrected chi connectivity index (χ4v) is 5.12. The Morgan fingerprint density at radius 3 is 2.52 bits per heavy atom. The van der Waals surface area contributed by atoms with Crippen molar-refractivity contribution < 1.29 is 9.90 Å². The van der Waals surface area contributed by atoms with E-state index < -0.39 is 5.60 Å². The third-order valence-electron chi connectivity index (χ3n) is 6.64. The molecule has 1 aromatic heterocycles. The highest BCUT2D eigenvalue weighted by Gasteiger charge is 2.26. The zero-order valence-corrected chi connectivity index (χ0v) is 20.9. The number of carbonyl (C=O) groups excluding carboxylic acids is 1. The average Bonchev–Trinajstić information content (AvgIpc) is 3.18. The first-order chi connectivity index (χ1) is 15.7. The lowest BCUT2D eigenvalue weighted by Crippen LogP contribution is -2.21. The highest BCUT2D eigenvalue weighted by atomic mass is 35.5. The van der Waals surface area contributed by atoms with Crippen molar-refractivity contribution in [3.05, 3.63) is 57.7 Å². The Labute approximate surface area is 205 Å². The summed E-state index contributed by atoms with van der Waals surface area (Å²) in [5.74, 6) is 0.515. The molecule has 33 heavy (non-hydrogen) atoms. The van der Waals surface area contributed by atoms with Crippen molar-refractivity contribution in [2.75, 3.05) is 5.32 Å². The molecule has 3 aromatic rings. The Balaban J connectivity index is 1.63. The van der Waals surface area contributed by atoms with E-state index in [9.17, 15) is 9.90 Å². The highest BCUT2D eigenvalue weighted by molar-refractivity contribution is 6.42. The van der Waals surface area contributed by atoms with E-state index in [4.69, 9.17) is 28.3 Å². The molecule has 2 aromatic carbocycles. The standard InChI is InChI=1S/C26H31Cl2N3O2/c1-4-5-16-6-9-19(10-7-16)31-15-18-13-24(20(26(2,3)33)14-23(18)30-31)29-25(32)17-8-11-21(27)22(28)12-17/h8,11-16,19,33H,4-7,9-10H2,1-3H3,(H,29,32). The van der Waals surface area contributed by atoms with E-state index in [1.165, 1.54) is 31.7 Å². The Kier molecular flexibility index (Phi) is 7.04. The van der Waals surface area contributed by atoms with Gasteiger partial charge in [-0.3, -0.25) is 9.48 Å². The van der Waals surface area contributed by atoms with Crippen LogP contribution in [0.4, 0.5) is 5.69 Å². The van der Waals surface area contributed by atoms with Gasteiger partial charge in [0.25, 0.3) is 5.91 Å². The molecule has 4 rings (SSSR count). The summed E-state index contributed by atoms with van der Waals surface area (Å²) in [5.41, 5.74) is 1.22. The number of benzene rings is 2. The van der Waals surface area contributed by atoms with Gasteiger partial charge >= 0.3 is 0 Å². The van der Waals surface area contributed by atoms with Gasteiger partial charge in [-0.25, -0.2) is 0 Å². The molecular formula is C26H31Cl2N3O2. The number of aromatic nitrogens is 2. The molecule has 2 N–H and O–H groups in total. The highest BCUT2D eigenvalue weighted by Crippen LogP contribution is 2.37. The van der Waals surface area contributed by atoms with E-state index in [0.29, 0.717) is 32.9 Å². The first-order valence-corrected chi connectivity index (χ1v) is 12.4. The largest absolute Gasteiger partial charge is 0.386 e. The molecule has 0 aliphatic heterocycles. The Hall–Kier alpha value is -2.08. The van der Waals surface area contributed by atoms with Crippen molar-refractivity contribution in [2.24, 2.45) is 5.92 Å². The second kappa shape index (κ2) is 9.65. The maximum Gasteiger partial charge on any atom is 0.255 e. The average molecular weight is 488 g/mol. The molecule has 1 aliphatic carbocycles. The Morgan fingerprint density at radius 2 is 1.88 bits per heavy atom. The van der Waals surface area contributed by atoms with Gasteiger partial charge in [0.2, 0.25) is 0 Å². The molecule has 1 heterocycles. The van der Waals surface area contributed by atoms with Gasteiger partial charge in [-0.1, -0.05) is 43.0 Å². The lowest BCUT2D eigenvalue weighted by Gasteiger charge is -2.28. The molecule has 0 atom stereocenters. The molecule has 0 spiro atoms. The summed E-state index contributed by atoms with van der Waals surface area (Å²) in [6, 6.07) is 8.92. The van der Waals surface area contributed by atoms with Crippen LogP contribution in [0.25, 0.3) is 10.9 Å². The van der Waals surface area contributed by atoms with Crippen LogP contribution in [0.1, 0.15) is 81.3 Å². The number of fused-ring (bicyclic) bond motifs is 1. The zero-order valence-electron chi connectivity index (χ0n) is 19.4. The van der Waals surface area contributed by atoms with Crippen LogP contribution in [0, 0.1) is 5.92 Å². The summed E-state index contributed by atoms with van der Waals surface area (Å²) in [6.07, 6.45) is 9.38. The number of rotatable bonds is 6. The molecule has 5 nitrogen and oxygen atoms in total. The van der Waals surface area contributed by atoms with Crippen molar-refractivity contribution in [3.63, 3.8) is 0 Å². The predicted molar refractivity (Wildman–Crippen MR) is 135 cm³/mol. The minimum atomic E-state index is -1.16. The summed E-state index contributed by atoms with van der Waals surface area (Å²) in [7, 11) is 0. The molecule has 176 valence electrons. The minimum Gasteiger partial charge on any atom is -0.386 e. The first-order valence-electron chi connectivity index (χ1n) is 11.7. The van der Waals surface area contributed by atoms with Crippen molar-refractivity contribution in [2.45, 2.75) is 70.9 Å². The van der Waals surface area contributed by atoms with Crippen LogP contribution in [0.5, 0.6) is 0 Å². The van der Waals surface area contributed by atoms with Crippen LogP contribution in [0.15, 0.2) is 36.5 Å². The Bertz CT molecular complexity index is 1160. The molecule has 1 fully saturated rings.